The number of nitrogens with zero attached hydrogens (tertiary/aromatic N) is 1. The van der Waals surface area contributed by atoms with E-state index in [2.05, 4.69) is 15.8 Å². The minimum absolute atomic E-state index is 0.296. The second-order valence-electron chi connectivity index (χ2n) is 4.10. The Morgan fingerprint density at radius 2 is 1.67 bits per heavy atom. The van der Waals surface area contributed by atoms with Gasteiger partial charge in [0.1, 0.15) is 0 Å². The summed E-state index contributed by atoms with van der Waals surface area (Å²) in [5.74, 6) is -1.43. The Morgan fingerprint density at radius 3 is 2.29 bits per heavy atom. The number of phenolic OH excluding ortho intramolecular Hbond substituents is 3. The Morgan fingerprint density at radius 1 is 1.05 bits per heavy atom. The van der Waals surface area contributed by atoms with Crippen LogP contribution in [-0.2, 0) is 0 Å². The van der Waals surface area contributed by atoms with Gasteiger partial charge in [-0.2, -0.15) is 5.10 Å². The zero-order chi connectivity index (χ0) is 15.2. The summed E-state index contributed by atoms with van der Waals surface area (Å²) in [5, 5.41) is 35.0. The van der Waals surface area contributed by atoms with Crippen LogP contribution in [0.1, 0.15) is 5.56 Å². The number of phenols is 3. The lowest BCUT2D eigenvalue weighted by molar-refractivity contribution is 0.368. The minimum Gasteiger partial charge on any atom is -0.504 e. The predicted octanol–water partition coefficient (Wildman–Crippen LogP) is 2.12. The Kier molecular flexibility index (Phi) is 4.57. The van der Waals surface area contributed by atoms with Gasteiger partial charge < -0.3 is 20.6 Å². The number of hydrogen-bond donors (Lipinski definition) is 5. The van der Waals surface area contributed by atoms with Gasteiger partial charge in [0.2, 0.25) is 0 Å². The molecule has 0 bridgehead atoms. The first-order valence-electron chi connectivity index (χ1n) is 5.96. The van der Waals surface area contributed by atoms with Gasteiger partial charge in [0, 0.05) is 11.3 Å². The van der Waals surface area contributed by atoms with Crippen LogP contribution in [0.2, 0.25) is 0 Å². The zero-order valence-corrected chi connectivity index (χ0v) is 11.6. The molecule has 0 heterocycles. The third-order valence-corrected chi connectivity index (χ3v) is 2.70. The largest absolute Gasteiger partial charge is 0.504 e. The van der Waals surface area contributed by atoms with Crippen molar-refractivity contribution in [1.82, 2.24) is 5.43 Å². The molecule has 108 valence electrons. The maximum Gasteiger partial charge on any atom is 0.200 e. The van der Waals surface area contributed by atoms with E-state index in [4.69, 9.17) is 12.2 Å². The summed E-state index contributed by atoms with van der Waals surface area (Å²) >= 11 is 5.05. The van der Waals surface area contributed by atoms with Crippen molar-refractivity contribution in [1.29, 1.82) is 0 Å². The maximum atomic E-state index is 9.35. The molecule has 2 aromatic carbocycles. The molecule has 0 amide bonds. The molecule has 0 atom stereocenters. The number of rotatable bonds is 3. The summed E-state index contributed by atoms with van der Waals surface area (Å²) in [6.07, 6.45) is 1.35. The molecule has 0 saturated heterocycles. The van der Waals surface area contributed by atoms with Crippen LogP contribution in [0.5, 0.6) is 17.2 Å². The summed E-state index contributed by atoms with van der Waals surface area (Å²) in [7, 11) is 0. The van der Waals surface area contributed by atoms with E-state index >= 15 is 0 Å². The molecule has 0 fully saturated rings. The topological polar surface area (TPSA) is 97.1 Å². The molecule has 0 aliphatic heterocycles. The Balaban J connectivity index is 1.95. The molecule has 0 aliphatic carbocycles. The molecule has 2 aromatic rings. The van der Waals surface area contributed by atoms with Gasteiger partial charge in [0.15, 0.2) is 22.4 Å². The van der Waals surface area contributed by atoms with Crippen LogP contribution in [0.4, 0.5) is 5.69 Å². The van der Waals surface area contributed by atoms with Crippen molar-refractivity contribution < 1.29 is 15.3 Å². The van der Waals surface area contributed by atoms with E-state index in [1.54, 1.807) is 0 Å². The lowest BCUT2D eigenvalue weighted by atomic mass is 10.2. The first-order valence-corrected chi connectivity index (χ1v) is 6.37. The molecule has 5 N–H and O–H groups in total. The third kappa shape index (κ3) is 4.08. The van der Waals surface area contributed by atoms with Gasteiger partial charge in [-0.1, -0.05) is 18.2 Å². The molecule has 0 radical (unpaired) electrons. The number of para-hydroxylation sites is 1. The van der Waals surface area contributed by atoms with Gasteiger partial charge in [-0.15, -0.1) is 0 Å². The minimum atomic E-state index is -0.568. The first-order chi connectivity index (χ1) is 10.1. The lowest BCUT2D eigenvalue weighted by Crippen LogP contribution is -2.23. The quantitative estimate of drug-likeness (QED) is 0.258. The molecule has 6 nitrogen and oxygen atoms in total. The fraction of sp³-hybridized carbons (Fsp3) is 0. The van der Waals surface area contributed by atoms with E-state index in [1.807, 2.05) is 30.3 Å². The van der Waals surface area contributed by atoms with Crippen LogP contribution >= 0.6 is 12.2 Å². The lowest BCUT2D eigenvalue weighted by Gasteiger charge is -2.06. The Hall–Kier alpha value is -2.80. The van der Waals surface area contributed by atoms with Crippen LogP contribution in [-0.4, -0.2) is 26.6 Å². The van der Waals surface area contributed by atoms with Crippen LogP contribution in [0.15, 0.2) is 47.6 Å². The average Bonchev–Trinajstić information content (AvgIpc) is 2.45. The standard InChI is InChI=1S/C14H13N3O3S/c18-11-6-9(7-12(19)13(11)20)8-15-17-14(21)16-10-4-2-1-3-5-10/h1-8,18-20H,(H2,16,17,21)/b15-8+. The summed E-state index contributed by atoms with van der Waals surface area (Å²) in [5.41, 5.74) is 3.82. The molecule has 7 heteroatoms. The van der Waals surface area contributed by atoms with Gasteiger partial charge in [0.25, 0.3) is 0 Å². The van der Waals surface area contributed by atoms with Crippen LogP contribution in [0.25, 0.3) is 0 Å². The maximum absolute atomic E-state index is 9.35. The molecule has 0 aliphatic rings. The van der Waals surface area contributed by atoms with E-state index in [1.165, 1.54) is 18.3 Å². The van der Waals surface area contributed by atoms with Crippen LogP contribution in [0, 0.1) is 0 Å². The van der Waals surface area contributed by atoms with E-state index in [9.17, 15) is 15.3 Å². The number of hydrogen-bond acceptors (Lipinski definition) is 5. The van der Waals surface area contributed by atoms with Crippen LogP contribution in [0.3, 0.4) is 0 Å². The summed E-state index contributed by atoms with van der Waals surface area (Å²) < 4.78 is 0. The van der Waals surface area contributed by atoms with E-state index < -0.39 is 17.2 Å². The summed E-state index contributed by atoms with van der Waals surface area (Å²) in [4.78, 5) is 0. The monoisotopic (exact) mass is 303 g/mol. The van der Waals surface area contributed by atoms with E-state index in [-0.39, 0.29) is 0 Å². The van der Waals surface area contributed by atoms with Crippen molar-refractivity contribution in [2.45, 2.75) is 0 Å². The Labute approximate surface area is 126 Å². The highest BCUT2D eigenvalue weighted by Crippen LogP contribution is 2.34. The number of nitrogens with one attached hydrogen (secondary N) is 2. The molecular formula is C14H13N3O3S. The molecule has 0 spiro atoms. The van der Waals surface area contributed by atoms with Crippen LogP contribution < -0.4 is 10.7 Å². The van der Waals surface area contributed by atoms with Crippen molar-refractivity contribution >= 4 is 29.2 Å². The predicted molar refractivity (Wildman–Crippen MR) is 84.8 cm³/mol. The number of anilines is 1. The highest BCUT2D eigenvalue weighted by Gasteiger charge is 2.06. The normalized spacial score (nSPS) is 10.5. The highest BCUT2D eigenvalue weighted by atomic mass is 32.1. The molecule has 0 unspecified atom stereocenters. The van der Waals surface area contributed by atoms with Crippen molar-refractivity contribution in [2.75, 3.05) is 5.32 Å². The second kappa shape index (κ2) is 6.58. The zero-order valence-electron chi connectivity index (χ0n) is 10.8. The Bertz CT molecular complexity index is 651. The first kappa shape index (κ1) is 14.6. The number of aromatic hydroxyl groups is 3. The highest BCUT2D eigenvalue weighted by molar-refractivity contribution is 7.80. The number of benzene rings is 2. The molecule has 21 heavy (non-hydrogen) atoms. The van der Waals surface area contributed by atoms with Crippen molar-refractivity contribution in [2.24, 2.45) is 5.10 Å². The molecular weight excluding hydrogens is 290 g/mol. The fourth-order valence-electron chi connectivity index (χ4n) is 1.55. The van der Waals surface area contributed by atoms with Gasteiger partial charge in [-0.05, 0) is 36.5 Å². The number of thiocarbonyl (C=S) groups is 1. The van der Waals surface area contributed by atoms with Gasteiger partial charge in [-0.3, -0.25) is 5.43 Å². The van der Waals surface area contributed by atoms with Crippen molar-refractivity contribution in [3.05, 3.63) is 48.0 Å². The average molecular weight is 303 g/mol. The smallest absolute Gasteiger partial charge is 0.200 e. The molecule has 0 saturated carbocycles. The number of hydrazone groups is 1. The second-order valence-corrected chi connectivity index (χ2v) is 4.51. The van der Waals surface area contributed by atoms with Gasteiger partial charge in [0.05, 0.1) is 6.21 Å². The molecule has 0 aromatic heterocycles. The third-order valence-electron chi connectivity index (χ3n) is 2.50. The van der Waals surface area contributed by atoms with E-state index in [0.717, 1.165) is 5.69 Å². The summed E-state index contributed by atoms with van der Waals surface area (Å²) in [6.45, 7) is 0. The van der Waals surface area contributed by atoms with Gasteiger partial charge in [-0.25, -0.2) is 0 Å². The van der Waals surface area contributed by atoms with Crippen molar-refractivity contribution in [3.63, 3.8) is 0 Å². The van der Waals surface area contributed by atoms with Crippen molar-refractivity contribution in [3.8, 4) is 17.2 Å². The SMILES string of the molecule is Oc1cc(/C=N/NC(=S)Nc2ccccc2)cc(O)c1O. The van der Waals surface area contributed by atoms with E-state index in [0.29, 0.717) is 10.7 Å². The fourth-order valence-corrected chi connectivity index (χ4v) is 1.72. The summed E-state index contributed by atoms with van der Waals surface area (Å²) in [6, 6.07) is 11.9. The molecule has 2 rings (SSSR count). The van der Waals surface area contributed by atoms with Gasteiger partial charge >= 0.3 is 0 Å².